The molecule has 5 aromatic rings. The molecule has 3 heterocycles. The van der Waals surface area contributed by atoms with Crippen LogP contribution in [0.5, 0.6) is 0 Å². The van der Waals surface area contributed by atoms with Crippen molar-refractivity contribution < 1.29 is 9.53 Å². The van der Waals surface area contributed by atoms with Crippen LogP contribution in [-0.4, -0.2) is 33.6 Å². The number of carbonyl (C=O) groups excluding carboxylic acids is 1. The lowest BCUT2D eigenvalue weighted by atomic mass is 9.78. The molecule has 0 spiro atoms. The van der Waals surface area contributed by atoms with Gasteiger partial charge in [0.2, 0.25) is 5.60 Å². The number of hydrogen-bond donors (Lipinski definition) is 0. The molecule has 0 bridgehead atoms. The zero-order valence-corrected chi connectivity index (χ0v) is 23.5. The van der Waals surface area contributed by atoms with Gasteiger partial charge in [-0.3, -0.25) is 4.98 Å². The maximum Gasteiger partial charge on any atom is 0.360 e. The van der Waals surface area contributed by atoms with Crippen molar-refractivity contribution in [3.63, 3.8) is 0 Å². The van der Waals surface area contributed by atoms with Crippen molar-refractivity contribution >= 4 is 22.6 Å². The first-order chi connectivity index (χ1) is 19.6. The van der Waals surface area contributed by atoms with Gasteiger partial charge in [0.15, 0.2) is 5.69 Å². The molecule has 0 N–H and O–H groups in total. The summed E-state index contributed by atoms with van der Waals surface area (Å²) in [6.07, 6.45) is 3.99. The molecule has 1 aliphatic rings. The fourth-order valence-electron chi connectivity index (χ4n) is 6.35. The van der Waals surface area contributed by atoms with Gasteiger partial charge in [0.25, 0.3) is 0 Å². The molecule has 0 aliphatic carbocycles. The predicted molar refractivity (Wildman–Crippen MR) is 160 cm³/mol. The van der Waals surface area contributed by atoms with Crippen LogP contribution in [0.3, 0.4) is 0 Å². The highest BCUT2D eigenvalue weighted by molar-refractivity contribution is 5.99. The number of para-hydroxylation sites is 1. The molecule has 1 atom stereocenters. The second-order valence-electron chi connectivity index (χ2n) is 10.0. The maximum absolute atomic E-state index is 13.6. The van der Waals surface area contributed by atoms with Crippen molar-refractivity contribution in [2.75, 3.05) is 18.0 Å². The Bertz CT molecular complexity index is 1700. The van der Waals surface area contributed by atoms with E-state index >= 15 is 0 Å². The van der Waals surface area contributed by atoms with Crippen molar-refractivity contribution in [1.29, 1.82) is 0 Å². The number of anilines is 1. The lowest BCUT2D eigenvalue weighted by Gasteiger charge is -2.33. The number of nitrogens with zero attached hydrogens (tertiary/aromatic N) is 4. The van der Waals surface area contributed by atoms with Crippen molar-refractivity contribution in [1.82, 2.24) is 14.5 Å². The molecule has 6 heteroatoms. The summed E-state index contributed by atoms with van der Waals surface area (Å²) in [6, 6.07) is 25.3. The summed E-state index contributed by atoms with van der Waals surface area (Å²) >= 11 is 0. The molecule has 0 amide bonds. The van der Waals surface area contributed by atoms with E-state index in [2.05, 4.69) is 90.7 Å². The first kappa shape index (κ1) is 25.8. The highest BCUT2D eigenvalue weighted by Gasteiger charge is 2.54. The Balaban J connectivity index is 1.78. The molecule has 3 aromatic carbocycles. The maximum atomic E-state index is 13.6. The van der Waals surface area contributed by atoms with Gasteiger partial charge in [-0.15, -0.1) is 0 Å². The van der Waals surface area contributed by atoms with Gasteiger partial charge in [0, 0.05) is 59.7 Å². The SMILES string of the molecule is CCc1cc(N(CC)CC)ccc1C1(c2c(-c3ccccc3)n(CC)c3ccccc23)OC(=O)c2nccnc21. The van der Waals surface area contributed by atoms with E-state index in [1.165, 1.54) is 0 Å². The van der Waals surface area contributed by atoms with E-state index in [1.54, 1.807) is 12.4 Å². The van der Waals surface area contributed by atoms with E-state index in [0.29, 0.717) is 5.69 Å². The minimum atomic E-state index is -1.26. The molecular weight excluding hydrogens is 496 g/mol. The number of ether oxygens (including phenoxy) is 1. The molecule has 0 radical (unpaired) electrons. The highest BCUT2D eigenvalue weighted by atomic mass is 16.6. The molecule has 1 unspecified atom stereocenters. The Morgan fingerprint density at radius 2 is 1.60 bits per heavy atom. The largest absolute Gasteiger partial charge is 0.438 e. The lowest BCUT2D eigenvalue weighted by Crippen LogP contribution is -2.33. The van der Waals surface area contributed by atoms with Gasteiger partial charge in [0.05, 0.1) is 5.69 Å². The van der Waals surface area contributed by atoms with Gasteiger partial charge in [-0.25, -0.2) is 9.78 Å². The molecule has 0 saturated heterocycles. The molecule has 1 aliphatic heterocycles. The third-order valence-electron chi connectivity index (χ3n) is 8.13. The smallest absolute Gasteiger partial charge is 0.360 e. The standard InChI is InChI=1S/C34H34N4O2/c1-5-23-22-25(37(6-2)7-3)18-19-27(23)34(32-30(33(39)40-34)35-20-21-36-32)29-26-16-12-13-17-28(26)38(8-4)31(29)24-14-10-9-11-15-24/h9-22H,5-8H2,1-4H3. The number of benzene rings is 3. The Morgan fingerprint density at radius 3 is 2.33 bits per heavy atom. The number of fused-ring (bicyclic) bond motifs is 2. The van der Waals surface area contributed by atoms with E-state index in [-0.39, 0.29) is 5.69 Å². The molecule has 6 nitrogen and oxygen atoms in total. The first-order valence-corrected chi connectivity index (χ1v) is 14.2. The van der Waals surface area contributed by atoms with Gasteiger partial charge in [0.1, 0.15) is 5.69 Å². The molecule has 2 aromatic heterocycles. The first-order valence-electron chi connectivity index (χ1n) is 14.2. The van der Waals surface area contributed by atoms with Crippen LogP contribution in [0.2, 0.25) is 0 Å². The monoisotopic (exact) mass is 530 g/mol. The number of hydrogen-bond acceptors (Lipinski definition) is 5. The van der Waals surface area contributed by atoms with Crippen LogP contribution in [0.1, 0.15) is 60.6 Å². The Hall–Kier alpha value is -4.45. The lowest BCUT2D eigenvalue weighted by molar-refractivity contribution is 0.0244. The Labute approximate surface area is 235 Å². The minimum Gasteiger partial charge on any atom is -0.438 e. The van der Waals surface area contributed by atoms with Crippen molar-refractivity contribution in [3.8, 4) is 11.3 Å². The third kappa shape index (κ3) is 3.74. The van der Waals surface area contributed by atoms with Crippen LogP contribution in [0.4, 0.5) is 5.69 Å². The summed E-state index contributed by atoms with van der Waals surface area (Å²) in [6.45, 7) is 11.2. The molecule has 6 rings (SSSR count). The number of carbonyl (C=O) groups is 1. The zero-order valence-electron chi connectivity index (χ0n) is 23.5. The second-order valence-corrected chi connectivity index (χ2v) is 10.0. The summed E-state index contributed by atoms with van der Waals surface area (Å²) in [4.78, 5) is 25.3. The van der Waals surface area contributed by atoms with Gasteiger partial charge in [-0.1, -0.05) is 61.5 Å². The average Bonchev–Trinajstić information content (AvgIpc) is 3.50. The van der Waals surface area contributed by atoms with Crippen molar-refractivity contribution in [2.24, 2.45) is 0 Å². The van der Waals surface area contributed by atoms with Crippen molar-refractivity contribution in [2.45, 2.75) is 46.3 Å². The quantitative estimate of drug-likeness (QED) is 0.202. The number of aryl methyl sites for hydroxylation is 2. The molecule has 40 heavy (non-hydrogen) atoms. The normalized spacial score (nSPS) is 16.2. The van der Waals surface area contributed by atoms with Gasteiger partial charge in [-0.05, 0) is 56.5 Å². The molecule has 0 saturated carbocycles. The van der Waals surface area contributed by atoms with Crippen LogP contribution >= 0.6 is 0 Å². The van der Waals surface area contributed by atoms with Crippen LogP contribution in [-0.2, 0) is 23.3 Å². The summed E-state index contributed by atoms with van der Waals surface area (Å²) in [7, 11) is 0. The van der Waals surface area contributed by atoms with E-state index in [9.17, 15) is 4.79 Å². The fourth-order valence-corrected chi connectivity index (χ4v) is 6.35. The third-order valence-corrected chi connectivity index (χ3v) is 8.13. The summed E-state index contributed by atoms with van der Waals surface area (Å²) < 4.78 is 8.94. The average molecular weight is 531 g/mol. The fraction of sp³-hybridized carbons (Fsp3) is 0.265. The van der Waals surface area contributed by atoms with E-state index in [0.717, 1.165) is 70.6 Å². The Morgan fingerprint density at radius 1 is 0.875 bits per heavy atom. The molecule has 202 valence electrons. The van der Waals surface area contributed by atoms with E-state index in [4.69, 9.17) is 9.72 Å². The van der Waals surface area contributed by atoms with Gasteiger partial charge >= 0.3 is 5.97 Å². The minimum absolute atomic E-state index is 0.268. The van der Waals surface area contributed by atoms with Crippen LogP contribution in [0.25, 0.3) is 22.2 Å². The molecular formula is C34H34N4O2. The van der Waals surface area contributed by atoms with Crippen LogP contribution in [0, 0.1) is 0 Å². The molecule has 0 fully saturated rings. The van der Waals surface area contributed by atoms with E-state index < -0.39 is 11.6 Å². The van der Waals surface area contributed by atoms with Gasteiger partial charge in [-0.2, -0.15) is 0 Å². The number of aromatic nitrogens is 3. The highest BCUT2D eigenvalue weighted by Crippen LogP contribution is 2.53. The zero-order chi connectivity index (χ0) is 27.9. The summed E-state index contributed by atoms with van der Waals surface area (Å²) in [5, 5.41) is 1.03. The summed E-state index contributed by atoms with van der Waals surface area (Å²) in [5.41, 5.74) is 6.83. The second kappa shape index (κ2) is 10.3. The number of esters is 1. The predicted octanol–water partition coefficient (Wildman–Crippen LogP) is 6.99. The van der Waals surface area contributed by atoms with Crippen molar-refractivity contribution in [3.05, 3.63) is 113 Å². The van der Waals surface area contributed by atoms with E-state index in [1.807, 2.05) is 24.3 Å². The van der Waals surface area contributed by atoms with Crippen LogP contribution in [0.15, 0.2) is 85.2 Å². The number of rotatable bonds is 8. The van der Waals surface area contributed by atoms with Gasteiger partial charge < -0.3 is 14.2 Å². The van der Waals surface area contributed by atoms with Crippen LogP contribution < -0.4 is 4.90 Å². The Kier molecular flexibility index (Phi) is 6.62. The number of cyclic esters (lactones) is 1. The summed E-state index contributed by atoms with van der Waals surface area (Å²) in [5.74, 6) is -0.453. The topological polar surface area (TPSA) is 60.2 Å².